The van der Waals surface area contributed by atoms with Gasteiger partial charge in [-0.3, -0.25) is 4.90 Å². The van der Waals surface area contributed by atoms with Gasteiger partial charge in [0.05, 0.1) is 12.1 Å². The second kappa shape index (κ2) is 8.02. The van der Waals surface area contributed by atoms with Gasteiger partial charge in [-0.15, -0.1) is 11.3 Å². The van der Waals surface area contributed by atoms with Crippen LogP contribution in [0.2, 0.25) is 0 Å². The minimum atomic E-state index is -3.51. The predicted octanol–water partition coefficient (Wildman–Crippen LogP) is 1.74. The molecule has 25 heavy (non-hydrogen) atoms. The predicted molar refractivity (Wildman–Crippen MR) is 101 cm³/mol. The van der Waals surface area contributed by atoms with E-state index >= 15 is 0 Å². The lowest BCUT2D eigenvalue weighted by atomic mass is 10.0. The average Bonchev–Trinajstić information content (AvgIpc) is 3.21. The summed E-state index contributed by atoms with van der Waals surface area (Å²) in [6.07, 6.45) is 5.26. The average molecular weight is 388 g/mol. The number of rotatable bonds is 6. The molecule has 0 spiro atoms. The molecule has 2 heterocycles. The molecule has 8 heteroatoms. The Morgan fingerprint density at radius 1 is 1.28 bits per heavy atom. The topological polar surface area (TPSA) is 72.9 Å². The van der Waals surface area contributed by atoms with E-state index in [9.17, 15) is 13.5 Å². The highest BCUT2D eigenvalue weighted by atomic mass is 32.2. The number of nitrogens with zero attached hydrogens (tertiary/aromatic N) is 2. The monoisotopic (exact) mass is 387 g/mol. The van der Waals surface area contributed by atoms with Gasteiger partial charge in [0.25, 0.3) is 10.2 Å². The summed E-state index contributed by atoms with van der Waals surface area (Å²) in [4.78, 5) is 5.05. The van der Waals surface area contributed by atoms with Crippen LogP contribution in [0, 0.1) is 0 Å². The first-order chi connectivity index (χ1) is 11.8. The Balaban J connectivity index is 1.53. The van der Waals surface area contributed by atoms with Crippen LogP contribution in [0.4, 0.5) is 0 Å². The van der Waals surface area contributed by atoms with Crippen LogP contribution in [-0.2, 0) is 16.8 Å². The number of aliphatic hydroxyl groups is 1. The molecular weight excluding hydrogens is 358 g/mol. The Hall–Kier alpha value is -0.510. The van der Waals surface area contributed by atoms with Gasteiger partial charge in [-0.1, -0.05) is 12.8 Å². The van der Waals surface area contributed by atoms with Gasteiger partial charge in [0.15, 0.2) is 0 Å². The molecule has 0 radical (unpaired) electrons. The molecule has 1 aromatic rings. The number of hydrogen-bond acceptors (Lipinski definition) is 5. The van der Waals surface area contributed by atoms with E-state index in [0.717, 1.165) is 23.3 Å². The SMILES string of the molecule is CN(C)S(=O)(=O)N[C@@H]1CCN(Cc2ccc(C3CCCC3)s2)C[C@H]1O. The van der Waals surface area contributed by atoms with Crippen LogP contribution < -0.4 is 4.72 Å². The Labute approximate surface area is 155 Å². The second-order valence-electron chi connectivity index (χ2n) is 7.39. The molecule has 1 aliphatic carbocycles. The van der Waals surface area contributed by atoms with Crippen molar-refractivity contribution in [3.8, 4) is 0 Å². The summed E-state index contributed by atoms with van der Waals surface area (Å²) < 4.78 is 27.6. The maximum Gasteiger partial charge on any atom is 0.279 e. The summed E-state index contributed by atoms with van der Waals surface area (Å²) in [5, 5.41) is 10.4. The number of aliphatic hydroxyl groups excluding tert-OH is 1. The first-order valence-corrected chi connectivity index (χ1v) is 11.3. The molecule has 0 unspecified atom stereocenters. The number of thiophene rings is 1. The molecule has 2 N–H and O–H groups in total. The fraction of sp³-hybridized carbons (Fsp3) is 0.765. The van der Waals surface area contributed by atoms with Crippen LogP contribution in [0.5, 0.6) is 0 Å². The molecule has 1 saturated heterocycles. The minimum absolute atomic E-state index is 0.416. The normalized spacial score (nSPS) is 26.6. The summed E-state index contributed by atoms with van der Waals surface area (Å²) in [6, 6.07) is 4.07. The van der Waals surface area contributed by atoms with Crippen LogP contribution in [0.15, 0.2) is 12.1 Å². The minimum Gasteiger partial charge on any atom is -0.390 e. The van der Waals surface area contributed by atoms with Crippen molar-refractivity contribution in [3.63, 3.8) is 0 Å². The molecule has 2 fully saturated rings. The van der Waals surface area contributed by atoms with E-state index in [1.54, 1.807) is 0 Å². The molecular formula is C17H29N3O3S2. The molecule has 1 saturated carbocycles. The van der Waals surface area contributed by atoms with Gasteiger partial charge in [0.2, 0.25) is 0 Å². The fourth-order valence-electron chi connectivity index (χ4n) is 3.70. The van der Waals surface area contributed by atoms with E-state index in [-0.39, 0.29) is 0 Å². The van der Waals surface area contributed by atoms with Crippen LogP contribution in [0.3, 0.4) is 0 Å². The molecule has 1 aromatic heterocycles. The highest BCUT2D eigenvalue weighted by Crippen LogP contribution is 2.37. The van der Waals surface area contributed by atoms with Crippen molar-refractivity contribution < 1.29 is 13.5 Å². The first-order valence-electron chi connectivity index (χ1n) is 9.04. The molecule has 3 rings (SSSR count). The molecule has 1 aliphatic heterocycles. The van der Waals surface area contributed by atoms with Crippen molar-refractivity contribution in [3.05, 3.63) is 21.9 Å². The summed E-state index contributed by atoms with van der Waals surface area (Å²) >= 11 is 1.90. The third kappa shape index (κ3) is 4.81. The Morgan fingerprint density at radius 3 is 2.64 bits per heavy atom. The lowest BCUT2D eigenvalue weighted by molar-refractivity contribution is 0.0446. The smallest absolute Gasteiger partial charge is 0.279 e. The zero-order valence-electron chi connectivity index (χ0n) is 15.0. The molecule has 142 valence electrons. The molecule has 6 nitrogen and oxygen atoms in total. The Morgan fingerprint density at radius 2 is 2.00 bits per heavy atom. The number of hydrogen-bond donors (Lipinski definition) is 2. The fourth-order valence-corrected chi connectivity index (χ4v) is 5.80. The van der Waals surface area contributed by atoms with Gasteiger partial charge in [-0.2, -0.15) is 17.4 Å². The van der Waals surface area contributed by atoms with Crippen molar-refractivity contribution >= 4 is 21.5 Å². The molecule has 0 aromatic carbocycles. The second-order valence-corrected chi connectivity index (χ2v) is 10.5. The quantitative estimate of drug-likeness (QED) is 0.780. The van der Waals surface area contributed by atoms with Gasteiger partial charge in [0.1, 0.15) is 0 Å². The van der Waals surface area contributed by atoms with Gasteiger partial charge in [0, 0.05) is 43.5 Å². The Bertz CT molecular complexity index is 668. The summed E-state index contributed by atoms with van der Waals surface area (Å²) in [6.45, 7) is 2.12. The number of likely N-dealkylation sites (tertiary alicyclic amines) is 1. The lowest BCUT2D eigenvalue weighted by Gasteiger charge is -2.36. The van der Waals surface area contributed by atoms with Crippen molar-refractivity contribution in [2.75, 3.05) is 27.2 Å². The maximum atomic E-state index is 11.9. The van der Waals surface area contributed by atoms with Crippen LogP contribution in [-0.4, -0.2) is 62.1 Å². The van der Waals surface area contributed by atoms with Crippen molar-refractivity contribution in [1.29, 1.82) is 0 Å². The van der Waals surface area contributed by atoms with Gasteiger partial charge in [-0.05, 0) is 37.3 Å². The molecule has 2 aliphatic rings. The van der Waals surface area contributed by atoms with Crippen LogP contribution in [0.1, 0.15) is 47.8 Å². The van der Waals surface area contributed by atoms with E-state index in [1.165, 1.54) is 49.5 Å². The first kappa shape index (κ1) is 19.3. The van der Waals surface area contributed by atoms with Gasteiger partial charge < -0.3 is 5.11 Å². The van der Waals surface area contributed by atoms with Crippen molar-refractivity contribution in [2.45, 2.75) is 56.7 Å². The third-order valence-corrected chi connectivity index (χ3v) is 8.06. The summed E-state index contributed by atoms with van der Waals surface area (Å²) in [5.74, 6) is 0.746. The van der Waals surface area contributed by atoms with E-state index in [1.807, 2.05) is 11.3 Å². The number of piperidine rings is 1. The van der Waals surface area contributed by atoms with E-state index in [2.05, 4.69) is 21.8 Å². The maximum absolute atomic E-state index is 11.9. The van der Waals surface area contributed by atoms with Crippen molar-refractivity contribution in [1.82, 2.24) is 13.9 Å². The van der Waals surface area contributed by atoms with E-state index in [4.69, 9.17) is 0 Å². The lowest BCUT2D eigenvalue weighted by Crippen LogP contribution is -2.55. The van der Waals surface area contributed by atoms with Crippen LogP contribution >= 0.6 is 11.3 Å². The van der Waals surface area contributed by atoms with E-state index in [0.29, 0.717) is 13.0 Å². The molecule has 0 amide bonds. The highest BCUT2D eigenvalue weighted by Gasteiger charge is 2.31. The number of β-amino-alcohol motifs (C(OH)–C–C–N with tert-alkyl or cyclic N) is 1. The van der Waals surface area contributed by atoms with Crippen molar-refractivity contribution in [2.24, 2.45) is 0 Å². The molecule has 0 bridgehead atoms. The Kier molecular flexibility index (Phi) is 6.18. The highest BCUT2D eigenvalue weighted by molar-refractivity contribution is 7.87. The third-order valence-electron chi connectivity index (χ3n) is 5.27. The zero-order valence-corrected chi connectivity index (χ0v) is 16.7. The molecule has 2 atom stereocenters. The summed E-state index contributed by atoms with van der Waals surface area (Å²) in [5.41, 5.74) is 0. The van der Waals surface area contributed by atoms with Crippen LogP contribution in [0.25, 0.3) is 0 Å². The van der Waals surface area contributed by atoms with E-state index < -0.39 is 22.4 Å². The number of nitrogens with one attached hydrogen (secondary N) is 1. The van der Waals surface area contributed by atoms with Gasteiger partial charge >= 0.3 is 0 Å². The summed E-state index contributed by atoms with van der Waals surface area (Å²) in [7, 11) is -0.529. The largest absolute Gasteiger partial charge is 0.390 e. The standard InChI is InChI=1S/C17H29N3O3S2/c1-19(2)25(22,23)18-15-9-10-20(12-16(15)21)11-14-7-8-17(24-14)13-5-3-4-6-13/h7-8,13,15-16,18,21H,3-6,9-12H2,1-2H3/t15-,16-/m1/s1. The van der Waals surface area contributed by atoms with Gasteiger partial charge in [-0.25, -0.2) is 0 Å². The zero-order chi connectivity index (χ0) is 18.0.